The number of hydrogen-bond donors (Lipinski definition) is 1. The predicted octanol–water partition coefficient (Wildman–Crippen LogP) is 3.93. The lowest BCUT2D eigenvalue weighted by molar-refractivity contribution is 0.166. The minimum atomic E-state index is -0.454. The molecular formula is C24H27N5O4S. The van der Waals surface area contributed by atoms with E-state index < -0.39 is 17.5 Å². The first-order valence-electron chi connectivity index (χ1n) is 11.1. The number of ether oxygens (including phenoxy) is 1. The Morgan fingerprint density at radius 2 is 2.00 bits per heavy atom. The minimum Gasteiger partial charge on any atom is -0.493 e. The second-order valence-electron chi connectivity index (χ2n) is 7.92. The molecule has 3 heterocycles. The van der Waals surface area contributed by atoms with Gasteiger partial charge in [0.05, 0.1) is 29.8 Å². The lowest BCUT2D eigenvalue weighted by Gasteiger charge is -2.23. The molecule has 0 amide bonds. The van der Waals surface area contributed by atoms with Crippen molar-refractivity contribution < 1.29 is 14.3 Å². The molecule has 34 heavy (non-hydrogen) atoms. The molecule has 0 aliphatic rings. The van der Waals surface area contributed by atoms with E-state index in [-0.39, 0.29) is 18.1 Å². The van der Waals surface area contributed by atoms with Crippen molar-refractivity contribution in [1.29, 1.82) is 0 Å². The zero-order valence-corrected chi connectivity index (χ0v) is 20.2. The van der Waals surface area contributed by atoms with Crippen LogP contribution in [0.3, 0.4) is 0 Å². The number of methoxy groups -OCH3 is 1. The van der Waals surface area contributed by atoms with Gasteiger partial charge in [-0.05, 0) is 18.9 Å². The van der Waals surface area contributed by atoms with Gasteiger partial charge in [0.25, 0.3) is 11.4 Å². The van der Waals surface area contributed by atoms with Crippen molar-refractivity contribution in [2.24, 2.45) is 0 Å². The van der Waals surface area contributed by atoms with Crippen LogP contribution in [0.5, 0.6) is 5.88 Å². The molecule has 0 saturated heterocycles. The molecule has 0 saturated carbocycles. The van der Waals surface area contributed by atoms with E-state index in [0.717, 1.165) is 29.1 Å². The summed E-state index contributed by atoms with van der Waals surface area (Å²) < 4.78 is 12.8. The normalized spacial score (nSPS) is 12.2. The molecule has 9 nitrogen and oxygen atoms in total. The molecule has 0 aliphatic heterocycles. The van der Waals surface area contributed by atoms with Crippen LogP contribution in [0.4, 0.5) is 0 Å². The summed E-state index contributed by atoms with van der Waals surface area (Å²) in [5.41, 5.74) is 1.12. The van der Waals surface area contributed by atoms with Gasteiger partial charge in [0.15, 0.2) is 5.56 Å². The van der Waals surface area contributed by atoms with Crippen molar-refractivity contribution in [3.8, 4) is 17.3 Å². The summed E-state index contributed by atoms with van der Waals surface area (Å²) in [4.78, 5) is 22.6. The van der Waals surface area contributed by atoms with Crippen molar-refractivity contribution in [3.05, 3.63) is 74.0 Å². The summed E-state index contributed by atoms with van der Waals surface area (Å²) in [5, 5.41) is 21.7. The van der Waals surface area contributed by atoms with Gasteiger partial charge in [-0.1, -0.05) is 43.7 Å². The Morgan fingerprint density at radius 1 is 1.21 bits per heavy atom. The fourth-order valence-corrected chi connectivity index (χ4v) is 4.42. The highest BCUT2D eigenvalue weighted by atomic mass is 32.1. The molecule has 1 N–H and O–H groups in total. The fraction of sp³-hybridized carbons (Fsp3) is 0.375. The van der Waals surface area contributed by atoms with Crippen molar-refractivity contribution in [3.63, 3.8) is 0 Å². The van der Waals surface area contributed by atoms with Gasteiger partial charge in [0, 0.05) is 18.9 Å². The largest absolute Gasteiger partial charge is 0.493 e. The van der Waals surface area contributed by atoms with Crippen molar-refractivity contribution in [1.82, 2.24) is 24.7 Å². The third kappa shape index (κ3) is 5.07. The van der Waals surface area contributed by atoms with Crippen LogP contribution in [0.1, 0.15) is 53.8 Å². The lowest BCUT2D eigenvalue weighted by atomic mass is 10.1. The van der Waals surface area contributed by atoms with Gasteiger partial charge in [0.2, 0.25) is 11.8 Å². The first-order chi connectivity index (χ1) is 16.5. The molecule has 10 heteroatoms. The highest BCUT2D eigenvalue weighted by molar-refractivity contribution is 7.09. The zero-order valence-electron chi connectivity index (χ0n) is 19.4. The van der Waals surface area contributed by atoms with Gasteiger partial charge in [0.1, 0.15) is 5.82 Å². The molecule has 0 unspecified atom stereocenters. The average molecular weight is 482 g/mol. The van der Waals surface area contributed by atoms with Crippen molar-refractivity contribution >= 4 is 11.3 Å². The molecular weight excluding hydrogens is 454 g/mol. The van der Waals surface area contributed by atoms with Gasteiger partial charge in [-0.3, -0.25) is 9.36 Å². The number of rotatable bonds is 10. The van der Waals surface area contributed by atoms with Gasteiger partial charge in [-0.2, -0.15) is 4.98 Å². The van der Waals surface area contributed by atoms with Crippen LogP contribution in [-0.2, 0) is 17.6 Å². The first-order valence-corrected chi connectivity index (χ1v) is 12.0. The first kappa shape index (κ1) is 23.8. The maximum absolute atomic E-state index is 13.8. The molecule has 0 fully saturated rings. The predicted molar refractivity (Wildman–Crippen MR) is 128 cm³/mol. The maximum atomic E-state index is 13.8. The van der Waals surface area contributed by atoms with Crippen LogP contribution in [0.2, 0.25) is 0 Å². The Hall–Kier alpha value is -3.37. The van der Waals surface area contributed by atoms with Crippen LogP contribution in [0, 0.1) is 6.92 Å². The Bertz CT molecular complexity index is 1300. The highest BCUT2D eigenvalue weighted by Crippen LogP contribution is 2.27. The van der Waals surface area contributed by atoms with Crippen LogP contribution >= 0.6 is 11.3 Å². The number of aromatic hydroxyl groups is 1. The standard InChI is InChI=1S/C24H27N5O4S/c1-4-5-11-19-26-22(30)21(23-28-27-20(33-23)12-17-14-34-15(2)25-17)24(31)29(19)18(13-32-3)16-9-7-6-8-10-16/h6-10,14,18,30H,4-5,11-13H2,1-3H3/t18-/m1/s1. The van der Waals surface area contributed by atoms with Gasteiger partial charge in [-0.15, -0.1) is 21.5 Å². The van der Waals surface area contributed by atoms with Crippen LogP contribution < -0.4 is 5.56 Å². The summed E-state index contributed by atoms with van der Waals surface area (Å²) in [7, 11) is 1.59. The number of hydrogen-bond acceptors (Lipinski definition) is 9. The summed E-state index contributed by atoms with van der Waals surface area (Å²) in [6.07, 6.45) is 2.61. The molecule has 178 valence electrons. The second-order valence-corrected chi connectivity index (χ2v) is 8.98. The molecule has 1 aromatic carbocycles. The smallest absolute Gasteiger partial charge is 0.270 e. The quantitative estimate of drug-likeness (QED) is 0.362. The Morgan fingerprint density at radius 3 is 2.68 bits per heavy atom. The number of aromatic nitrogens is 5. The van der Waals surface area contributed by atoms with Gasteiger partial charge < -0.3 is 14.3 Å². The molecule has 0 spiro atoms. The summed E-state index contributed by atoms with van der Waals surface area (Å²) in [5.74, 6) is 0.294. The van der Waals surface area contributed by atoms with Crippen molar-refractivity contribution in [2.75, 3.05) is 13.7 Å². The van der Waals surface area contributed by atoms with Gasteiger partial charge in [-0.25, -0.2) is 4.98 Å². The number of nitrogens with zero attached hydrogens (tertiary/aromatic N) is 5. The van der Waals surface area contributed by atoms with Crippen molar-refractivity contribution in [2.45, 2.75) is 45.6 Å². The second kappa shape index (κ2) is 10.7. The van der Waals surface area contributed by atoms with E-state index in [4.69, 9.17) is 9.15 Å². The Labute approximate surface area is 201 Å². The topological polar surface area (TPSA) is 116 Å². The number of thiazole rings is 1. The highest BCUT2D eigenvalue weighted by Gasteiger charge is 2.27. The third-order valence-corrected chi connectivity index (χ3v) is 6.25. The van der Waals surface area contributed by atoms with E-state index in [1.54, 1.807) is 11.7 Å². The van der Waals surface area contributed by atoms with E-state index in [1.807, 2.05) is 42.6 Å². The lowest BCUT2D eigenvalue weighted by Crippen LogP contribution is -2.33. The Kier molecular flexibility index (Phi) is 7.49. The number of unbranched alkanes of at least 4 members (excludes halogenated alkanes) is 1. The number of benzene rings is 1. The molecule has 4 aromatic rings. The monoisotopic (exact) mass is 481 g/mol. The molecule has 3 aromatic heterocycles. The number of aryl methyl sites for hydroxylation is 2. The van der Waals surface area contributed by atoms with E-state index >= 15 is 0 Å². The average Bonchev–Trinajstić information content (AvgIpc) is 3.46. The zero-order chi connectivity index (χ0) is 24.1. The SMILES string of the molecule is CCCCc1nc(O)c(-c2nnc(Cc3csc(C)n3)o2)c(=O)n1[C@H](COC)c1ccccc1. The van der Waals surface area contributed by atoms with Crippen LogP contribution in [-0.4, -0.2) is 43.6 Å². The van der Waals surface area contributed by atoms with E-state index in [0.29, 0.717) is 24.6 Å². The minimum absolute atomic E-state index is 0.0722. The Balaban J connectivity index is 1.81. The van der Waals surface area contributed by atoms with E-state index in [2.05, 4.69) is 27.1 Å². The van der Waals surface area contributed by atoms with E-state index in [1.165, 1.54) is 11.3 Å². The van der Waals surface area contributed by atoms with E-state index in [9.17, 15) is 9.90 Å². The third-order valence-electron chi connectivity index (χ3n) is 5.42. The molecule has 0 bridgehead atoms. The summed E-state index contributed by atoms with van der Waals surface area (Å²) >= 11 is 1.53. The molecule has 1 atom stereocenters. The molecule has 0 radical (unpaired) electrons. The fourth-order valence-electron chi connectivity index (χ4n) is 3.81. The van der Waals surface area contributed by atoms with Crippen LogP contribution in [0.25, 0.3) is 11.5 Å². The van der Waals surface area contributed by atoms with Crippen LogP contribution in [0.15, 0.2) is 44.9 Å². The summed E-state index contributed by atoms with van der Waals surface area (Å²) in [6, 6.07) is 9.18. The van der Waals surface area contributed by atoms with Gasteiger partial charge >= 0.3 is 0 Å². The molecule has 0 aliphatic carbocycles. The molecule has 4 rings (SSSR count). The maximum Gasteiger partial charge on any atom is 0.270 e. The summed E-state index contributed by atoms with van der Waals surface area (Å²) in [6.45, 7) is 4.24.